The van der Waals surface area contributed by atoms with Crippen LogP contribution in [0.2, 0.25) is 0 Å². The van der Waals surface area contributed by atoms with Gasteiger partial charge >= 0.3 is 5.97 Å². The fourth-order valence-corrected chi connectivity index (χ4v) is 1.78. The number of unbranched alkanes of at least 4 members (excludes halogenated alkanes) is 1. The summed E-state index contributed by atoms with van der Waals surface area (Å²) in [6, 6.07) is 0. The summed E-state index contributed by atoms with van der Waals surface area (Å²) in [7, 11) is 0. The molecule has 4 nitrogen and oxygen atoms in total. The van der Waals surface area contributed by atoms with E-state index in [0.29, 0.717) is 0 Å². The van der Waals surface area contributed by atoms with Crippen LogP contribution in [0.5, 0.6) is 0 Å². The van der Waals surface area contributed by atoms with Crippen molar-refractivity contribution in [1.82, 2.24) is 9.55 Å². The van der Waals surface area contributed by atoms with Crippen LogP contribution in [0, 0.1) is 5.92 Å². The summed E-state index contributed by atoms with van der Waals surface area (Å²) in [6.45, 7) is 2.94. The highest BCUT2D eigenvalue weighted by Crippen LogP contribution is 2.15. The van der Waals surface area contributed by atoms with Crippen molar-refractivity contribution in [2.75, 3.05) is 0 Å². The SMILES string of the molecule is CCCCC(CCCn1ccnc1)C(=O)O.Cl. The van der Waals surface area contributed by atoms with Crippen LogP contribution in [-0.4, -0.2) is 20.6 Å². The van der Waals surface area contributed by atoms with Crippen LogP contribution < -0.4 is 0 Å². The van der Waals surface area contributed by atoms with Crippen LogP contribution in [0.25, 0.3) is 0 Å². The monoisotopic (exact) mass is 260 g/mol. The van der Waals surface area contributed by atoms with Gasteiger partial charge in [0.05, 0.1) is 12.2 Å². The largest absolute Gasteiger partial charge is 0.481 e. The molecule has 0 radical (unpaired) electrons. The molecule has 0 aliphatic heterocycles. The van der Waals surface area contributed by atoms with Crippen molar-refractivity contribution in [2.24, 2.45) is 5.92 Å². The number of imidazole rings is 1. The number of carboxylic acid groups (broad SMARTS) is 1. The Balaban J connectivity index is 0.00000256. The molecule has 1 unspecified atom stereocenters. The number of aliphatic carboxylic acids is 1. The minimum absolute atomic E-state index is 0. The van der Waals surface area contributed by atoms with Crippen molar-refractivity contribution in [3.8, 4) is 0 Å². The summed E-state index contributed by atoms with van der Waals surface area (Å²) in [5.41, 5.74) is 0. The minimum atomic E-state index is -0.654. The molecule has 0 fully saturated rings. The fourth-order valence-electron chi connectivity index (χ4n) is 1.78. The number of halogens is 1. The first-order chi connectivity index (χ1) is 7.74. The number of carboxylic acids is 1. The van der Waals surface area contributed by atoms with Gasteiger partial charge in [0.15, 0.2) is 0 Å². The average Bonchev–Trinajstić information content (AvgIpc) is 2.75. The van der Waals surface area contributed by atoms with E-state index >= 15 is 0 Å². The number of hydrogen-bond acceptors (Lipinski definition) is 2. The van der Waals surface area contributed by atoms with Crippen LogP contribution in [0.1, 0.15) is 39.0 Å². The molecule has 0 aromatic carbocycles. The third kappa shape index (κ3) is 6.31. The van der Waals surface area contributed by atoms with Gasteiger partial charge in [-0.25, -0.2) is 4.98 Å². The van der Waals surface area contributed by atoms with Gasteiger partial charge in [-0.3, -0.25) is 4.79 Å². The Kier molecular flexibility index (Phi) is 8.50. The first-order valence-corrected chi connectivity index (χ1v) is 5.92. The predicted molar refractivity (Wildman–Crippen MR) is 69.4 cm³/mol. The van der Waals surface area contributed by atoms with Gasteiger partial charge in [0.2, 0.25) is 0 Å². The average molecular weight is 261 g/mol. The lowest BCUT2D eigenvalue weighted by Crippen LogP contribution is -2.14. The van der Waals surface area contributed by atoms with Gasteiger partial charge in [-0.1, -0.05) is 19.8 Å². The third-order valence-corrected chi connectivity index (χ3v) is 2.78. The van der Waals surface area contributed by atoms with Gasteiger partial charge < -0.3 is 9.67 Å². The predicted octanol–water partition coefficient (Wildman–Crippen LogP) is 2.98. The van der Waals surface area contributed by atoms with Crippen molar-refractivity contribution in [3.63, 3.8) is 0 Å². The maximum Gasteiger partial charge on any atom is 0.306 e. The Hall–Kier alpha value is -1.03. The van der Waals surface area contributed by atoms with Gasteiger partial charge in [-0.2, -0.15) is 0 Å². The number of aromatic nitrogens is 2. The second-order valence-electron chi connectivity index (χ2n) is 4.12. The highest BCUT2D eigenvalue weighted by atomic mass is 35.5. The maximum atomic E-state index is 11.0. The summed E-state index contributed by atoms with van der Waals surface area (Å²) in [5.74, 6) is -0.831. The van der Waals surface area contributed by atoms with Crippen molar-refractivity contribution in [1.29, 1.82) is 0 Å². The van der Waals surface area contributed by atoms with Crippen LogP contribution in [0.4, 0.5) is 0 Å². The number of aryl methyl sites for hydroxylation is 1. The molecule has 0 aliphatic carbocycles. The first-order valence-electron chi connectivity index (χ1n) is 5.92. The van der Waals surface area contributed by atoms with E-state index in [0.717, 1.165) is 38.6 Å². The molecule has 0 amide bonds. The molecule has 5 heteroatoms. The molecule has 1 aromatic rings. The second-order valence-corrected chi connectivity index (χ2v) is 4.12. The van der Waals surface area contributed by atoms with Gasteiger partial charge in [0.25, 0.3) is 0 Å². The standard InChI is InChI=1S/C12H20N2O2.ClH/c1-2-3-5-11(12(15)16)6-4-8-14-9-7-13-10-14;/h7,9-11H,2-6,8H2,1H3,(H,15,16);1H. The zero-order valence-corrected chi connectivity index (χ0v) is 11.0. The quantitative estimate of drug-likeness (QED) is 0.782. The molecular weight excluding hydrogens is 240 g/mol. The summed E-state index contributed by atoms with van der Waals surface area (Å²) in [6.07, 6.45) is 9.93. The van der Waals surface area contributed by atoms with Crippen LogP contribution in [0.15, 0.2) is 18.7 Å². The van der Waals surface area contributed by atoms with E-state index < -0.39 is 5.97 Å². The molecule has 1 heterocycles. The Morgan fingerprint density at radius 2 is 2.12 bits per heavy atom. The number of hydrogen-bond donors (Lipinski definition) is 1. The summed E-state index contributed by atoms with van der Waals surface area (Å²) in [5, 5.41) is 9.04. The van der Waals surface area contributed by atoms with Gasteiger partial charge in [0.1, 0.15) is 0 Å². The summed E-state index contributed by atoms with van der Waals surface area (Å²) in [4.78, 5) is 14.9. The highest BCUT2D eigenvalue weighted by molar-refractivity contribution is 5.85. The summed E-state index contributed by atoms with van der Waals surface area (Å²) < 4.78 is 1.98. The topological polar surface area (TPSA) is 55.1 Å². The smallest absolute Gasteiger partial charge is 0.306 e. The van der Waals surface area contributed by atoms with Crippen molar-refractivity contribution >= 4 is 18.4 Å². The second kappa shape index (κ2) is 9.05. The molecule has 0 saturated carbocycles. The minimum Gasteiger partial charge on any atom is -0.481 e. The zero-order chi connectivity index (χ0) is 11.8. The zero-order valence-electron chi connectivity index (χ0n) is 10.2. The Bertz CT molecular complexity index is 301. The van der Waals surface area contributed by atoms with Gasteiger partial charge in [0, 0.05) is 18.9 Å². The molecule has 0 bridgehead atoms. The number of nitrogens with zero attached hydrogens (tertiary/aromatic N) is 2. The van der Waals surface area contributed by atoms with E-state index in [9.17, 15) is 4.79 Å². The number of rotatable bonds is 8. The Morgan fingerprint density at radius 1 is 1.41 bits per heavy atom. The lowest BCUT2D eigenvalue weighted by molar-refractivity contribution is -0.142. The molecule has 0 spiro atoms. The van der Waals surface area contributed by atoms with Crippen LogP contribution >= 0.6 is 12.4 Å². The van der Waals surface area contributed by atoms with Crippen molar-refractivity contribution in [2.45, 2.75) is 45.6 Å². The lowest BCUT2D eigenvalue weighted by Gasteiger charge is -2.11. The van der Waals surface area contributed by atoms with E-state index in [1.807, 2.05) is 10.8 Å². The van der Waals surface area contributed by atoms with E-state index in [2.05, 4.69) is 11.9 Å². The number of carbonyl (C=O) groups is 1. The molecule has 17 heavy (non-hydrogen) atoms. The molecular formula is C12H21ClN2O2. The van der Waals surface area contributed by atoms with Crippen LogP contribution in [0.3, 0.4) is 0 Å². The van der Waals surface area contributed by atoms with Crippen LogP contribution in [-0.2, 0) is 11.3 Å². The molecule has 1 rings (SSSR count). The third-order valence-electron chi connectivity index (χ3n) is 2.78. The molecule has 0 saturated heterocycles. The van der Waals surface area contributed by atoms with Crippen molar-refractivity contribution < 1.29 is 9.90 Å². The summed E-state index contributed by atoms with van der Waals surface area (Å²) >= 11 is 0. The molecule has 0 aliphatic rings. The normalized spacial score (nSPS) is 11.8. The van der Waals surface area contributed by atoms with Crippen molar-refractivity contribution in [3.05, 3.63) is 18.7 Å². The van der Waals surface area contributed by atoms with E-state index in [1.165, 1.54) is 0 Å². The lowest BCUT2D eigenvalue weighted by atomic mass is 9.97. The van der Waals surface area contributed by atoms with Gasteiger partial charge in [-0.05, 0) is 19.3 Å². The van der Waals surface area contributed by atoms with Gasteiger partial charge in [-0.15, -0.1) is 12.4 Å². The fraction of sp³-hybridized carbons (Fsp3) is 0.667. The molecule has 1 aromatic heterocycles. The van der Waals surface area contributed by atoms with E-state index in [1.54, 1.807) is 12.5 Å². The van der Waals surface area contributed by atoms with E-state index in [4.69, 9.17) is 5.11 Å². The maximum absolute atomic E-state index is 11.0. The molecule has 1 N–H and O–H groups in total. The first kappa shape index (κ1) is 16.0. The Morgan fingerprint density at radius 3 is 2.65 bits per heavy atom. The molecule has 1 atom stereocenters. The Labute approximate surface area is 108 Å². The molecule has 98 valence electrons. The van der Waals surface area contributed by atoms with E-state index in [-0.39, 0.29) is 18.3 Å². The highest BCUT2D eigenvalue weighted by Gasteiger charge is 2.15.